The van der Waals surface area contributed by atoms with Gasteiger partial charge in [0.25, 0.3) is 0 Å². The van der Waals surface area contributed by atoms with Gasteiger partial charge in [-0.05, 0) is 24.6 Å². The summed E-state index contributed by atoms with van der Waals surface area (Å²) in [5.74, 6) is 0. The Balaban J connectivity index is 3.17. The van der Waals surface area contributed by atoms with Crippen LogP contribution in [0.5, 0.6) is 0 Å². The molecule has 0 aliphatic rings. The maximum absolute atomic E-state index is 12.2. The van der Waals surface area contributed by atoms with Crippen LogP contribution in [0, 0.1) is 0 Å². The van der Waals surface area contributed by atoms with Crippen molar-refractivity contribution in [2.24, 2.45) is 0 Å². The molecular weight excluding hydrogens is 336 g/mol. The lowest BCUT2D eigenvalue weighted by molar-refractivity contribution is 0.105. The Morgan fingerprint density at radius 3 is 2.37 bits per heavy atom. The minimum absolute atomic E-state index is 0.0859. The number of benzene rings is 1. The number of nitrogens with one attached hydrogen (secondary N) is 1. The number of rotatable bonds is 6. The van der Waals surface area contributed by atoms with E-state index in [0.29, 0.717) is 4.47 Å². The molecule has 0 spiro atoms. The number of hydrogen-bond donors (Lipinski definition) is 4. The molecule has 0 saturated carbocycles. The first-order valence-corrected chi connectivity index (χ1v) is 7.88. The largest absolute Gasteiger partial charge is 0.398 e. The van der Waals surface area contributed by atoms with Crippen molar-refractivity contribution in [1.82, 2.24) is 4.72 Å². The van der Waals surface area contributed by atoms with Crippen molar-refractivity contribution < 1.29 is 18.6 Å². The fraction of sp³-hybridized carbons (Fsp3) is 0.455. The van der Waals surface area contributed by atoms with Gasteiger partial charge in [0, 0.05) is 4.47 Å². The zero-order valence-corrected chi connectivity index (χ0v) is 12.8. The van der Waals surface area contributed by atoms with E-state index >= 15 is 0 Å². The van der Waals surface area contributed by atoms with Crippen molar-refractivity contribution in [2.45, 2.75) is 23.8 Å². The van der Waals surface area contributed by atoms with Crippen LogP contribution in [0.1, 0.15) is 13.3 Å². The molecule has 0 unspecified atom stereocenters. The van der Waals surface area contributed by atoms with Gasteiger partial charge in [0.1, 0.15) is 4.90 Å². The summed E-state index contributed by atoms with van der Waals surface area (Å²) in [6, 6.07) is 4.38. The molecule has 1 rings (SSSR count). The third-order valence-electron chi connectivity index (χ3n) is 2.89. The molecule has 0 aliphatic carbocycles. The van der Waals surface area contributed by atoms with Gasteiger partial charge in [0.05, 0.1) is 24.4 Å². The van der Waals surface area contributed by atoms with Crippen LogP contribution >= 0.6 is 15.9 Å². The molecule has 8 heteroatoms. The predicted molar refractivity (Wildman–Crippen MR) is 76.1 cm³/mol. The van der Waals surface area contributed by atoms with E-state index in [1.165, 1.54) is 12.1 Å². The molecule has 0 amide bonds. The van der Waals surface area contributed by atoms with E-state index in [0.717, 1.165) is 0 Å². The summed E-state index contributed by atoms with van der Waals surface area (Å²) in [5, 5.41) is 18.5. The minimum Gasteiger partial charge on any atom is -0.398 e. The van der Waals surface area contributed by atoms with Gasteiger partial charge in [-0.3, -0.25) is 0 Å². The van der Waals surface area contributed by atoms with E-state index < -0.39 is 28.8 Å². The van der Waals surface area contributed by atoms with Crippen LogP contribution in [0.15, 0.2) is 27.6 Å². The van der Waals surface area contributed by atoms with Crippen LogP contribution in [0.2, 0.25) is 0 Å². The number of hydrogen-bond acceptors (Lipinski definition) is 5. The van der Waals surface area contributed by atoms with Gasteiger partial charge in [-0.2, -0.15) is 0 Å². The average molecular weight is 353 g/mol. The summed E-state index contributed by atoms with van der Waals surface area (Å²) in [6.07, 6.45) is 0.246. The molecule has 0 atom stereocenters. The minimum atomic E-state index is -3.92. The lowest BCUT2D eigenvalue weighted by Gasteiger charge is -2.29. The number of halogens is 1. The highest BCUT2D eigenvalue weighted by Crippen LogP contribution is 2.24. The Hall–Kier alpha value is -0.670. The summed E-state index contributed by atoms with van der Waals surface area (Å²) in [7, 11) is -3.92. The first-order chi connectivity index (χ1) is 8.80. The standard InChI is InChI=1S/C11H17BrN2O4S/c1-2-11(6-15,7-16)14-19(17,18)10-4-3-8(12)5-9(10)13/h3-5,14-16H,2,6-7,13H2,1H3. The molecule has 0 radical (unpaired) electrons. The average Bonchev–Trinajstić information content (AvgIpc) is 2.35. The van der Waals surface area contributed by atoms with Gasteiger partial charge >= 0.3 is 0 Å². The molecule has 1 aromatic rings. The highest BCUT2D eigenvalue weighted by atomic mass is 79.9. The number of aliphatic hydroxyl groups excluding tert-OH is 2. The fourth-order valence-electron chi connectivity index (χ4n) is 1.51. The molecule has 0 saturated heterocycles. The lowest BCUT2D eigenvalue weighted by Crippen LogP contribution is -2.53. The SMILES string of the molecule is CCC(CO)(CO)NS(=O)(=O)c1ccc(Br)cc1N. The van der Waals surface area contributed by atoms with Crippen molar-refractivity contribution in [3.8, 4) is 0 Å². The van der Waals surface area contributed by atoms with E-state index in [2.05, 4.69) is 20.7 Å². The lowest BCUT2D eigenvalue weighted by atomic mass is 10.0. The van der Waals surface area contributed by atoms with Gasteiger partial charge in [-0.1, -0.05) is 22.9 Å². The van der Waals surface area contributed by atoms with E-state index in [-0.39, 0.29) is 17.0 Å². The van der Waals surface area contributed by atoms with Crippen molar-refractivity contribution in [3.63, 3.8) is 0 Å². The molecule has 0 heterocycles. The van der Waals surface area contributed by atoms with Crippen molar-refractivity contribution in [1.29, 1.82) is 0 Å². The third-order valence-corrected chi connectivity index (χ3v) is 5.04. The van der Waals surface area contributed by atoms with Crippen molar-refractivity contribution in [3.05, 3.63) is 22.7 Å². The number of sulfonamides is 1. The molecule has 1 aromatic carbocycles. The molecule has 6 nitrogen and oxygen atoms in total. The second-order valence-electron chi connectivity index (χ2n) is 4.24. The van der Waals surface area contributed by atoms with Gasteiger partial charge < -0.3 is 15.9 Å². The Bertz CT molecular complexity index is 535. The van der Waals surface area contributed by atoms with Crippen LogP contribution in [-0.4, -0.2) is 37.4 Å². The first-order valence-electron chi connectivity index (χ1n) is 5.61. The molecule has 19 heavy (non-hydrogen) atoms. The van der Waals surface area contributed by atoms with Crippen LogP contribution in [0.25, 0.3) is 0 Å². The van der Waals surface area contributed by atoms with Gasteiger partial charge in [0.2, 0.25) is 10.0 Å². The van der Waals surface area contributed by atoms with E-state index in [9.17, 15) is 18.6 Å². The topological polar surface area (TPSA) is 113 Å². The molecule has 0 aromatic heterocycles. The Labute approximate surface area is 120 Å². The Morgan fingerprint density at radius 1 is 1.37 bits per heavy atom. The van der Waals surface area contributed by atoms with Crippen LogP contribution in [0.3, 0.4) is 0 Å². The number of anilines is 1. The normalized spacial score (nSPS) is 12.6. The quantitative estimate of drug-likeness (QED) is 0.555. The molecule has 0 aliphatic heterocycles. The second kappa shape index (κ2) is 6.19. The number of aliphatic hydroxyl groups is 2. The zero-order valence-electron chi connectivity index (χ0n) is 10.4. The van der Waals surface area contributed by atoms with Gasteiger partial charge in [0.15, 0.2) is 0 Å². The summed E-state index contributed by atoms with van der Waals surface area (Å²) in [4.78, 5) is -0.0876. The number of nitrogens with two attached hydrogens (primary N) is 1. The second-order valence-corrected chi connectivity index (χ2v) is 6.80. The molecule has 108 valence electrons. The monoisotopic (exact) mass is 352 g/mol. The highest BCUT2D eigenvalue weighted by Gasteiger charge is 2.33. The first kappa shape index (κ1) is 16.4. The third kappa shape index (κ3) is 3.67. The predicted octanol–water partition coefficient (Wildman–Crippen LogP) is 0.443. The van der Waals surface area contributed by atoms with E-state index in [1.807, 2.05) is 0 Å². The summed E-state index contributed by atoms with van der Waals surface area (Å²) >= 11 is 3.19. The summed E-state index contributed by atoms with van der Waals surface area (Å²) < 4.78 is 27.4. The maximum Gasteiger partial charge on any atom is 0.243 e. The molecule has 0 fully saturated rings. The fourth-order valence-corrected chi connectivity index (χ4v) is 3.46. The van der Waals surface area contributed by atoms with Crippen molar-refractivity contribution >= 4 is 31.6 Å². The highest BCUT2D eigenvalue weighted by molar-refractivity contribution is 9.10. The van der Waals surface area contributed by atoms with Gasteiger partial charge in [-0.25, -0.2) is 13.1 Å². The maximum atomic E-state index is 12.2. The summed E-state index contributed by atoms with van der Waals surface area (Å²) in [6.45, 7) is 0.658. The van der Waals surface area contributed by atoms with Gasteiger partial charge in [-0.15, -0.1) is 0 Å². The Morgan fingerprint density at radius 2 is 1.95 bits per heavy atom. The van der Waals surface area contributed by atoms with Crippen molar-refractivity contribution in [2.75, 3.05) is 18.9 Å². The van der Waals surface area contributed by atoms with E-state index in [1.54, 1.807) is 13.0 Å². The number of nitrogen functional groups attached to an aromatic ring is 1. The van der Waals surface area contributed by atoms with Crippen LogP contribution < -0.4 is 10.5 Å². The molecular formula is C11H17BrN2O4S. The van der Waals surface area contributed by atoms with Crippen LogP contribution in [0.4, 0.5) is 5.69 Å². The summed E-state index contributed by atoms with van der Waals surface area (Å²) in [5.41, 5.74) is 4.47. The molecule has 5 N–H and O–H groups in total. The van der Waals surface area contributed by atoms with Crippen LogP contribution in [-0.2, 0) is 10.0 Å². The van der Waals surface area contributed by atoms with E-state index in [4.69, 9.17) is 5.73 Å². The Kier molecular flexibility index (Phi) is 5.34. The molecule has 0 bridgehead atoms. The smallest absolute Gasteiger partial charge is 0.243 e. The zero-order chi connectivity index (χ0) is 14.7.